The molecule has 0 bridgehead atoms. The fourth-order valence-corrected chi connectivity index (χ4v) is 4.33. The van der Waals surface area contributed by atoms with Crippen LogP contribution in [0.2, 0.25) is 0 Å². The van der Waals surface area contributed by atoms with E-state index in [0.29, 0.717) is 12.1 Å². The normalized spacial score (nSPS) is 13.8. The molecule has 1 heterocycles. The van der Waals surface area contributed by atoms with Crippen molar-refractivity contribution in [3.8, 4) is 17.2 Å². The van der Waals surface area contributed by atoms with Crippen molar-refractivity contribution in [3.05, 3.63) is 88.3 Å². The van der Waals surface area contributed by atoms with Gasteiger partial charge in [0.05, 0.1) is 0 Å². The lowest BCUT2D eigenvalue weighted by Gasteiger charge is -2.25. The number of fused-ring (bicyclic) bond motifs is 1. The summed E-state index contributed by atoms with van der Waals surface area (Å²) >= 11 is 0. The average Bonchev–Trinajstić information content (AvgIpc) is 2.72. The molecule has 2 aromatic carbocycles. The van der Waals surface area contributed by atoms with Crippen LogP contribution in [0.25, 0.3) is 11.1 Å². The molecule has 1 N–H and O–H groups in total. The molecular weight excluding hydrogens is 361 g/mol. The maximum absolute atomic E-state index is 13.5. The van der Waals surface area contributed by atoms with Gasteiger partial charge in [0.15, 0.2) is 0 Å². The van der Waals surface area contributed by atoms with Crippen LogP contribution in [-0.2, 0) is 19.4 Å². The standard InChI is InChI=1S/C25H24FN3/c26-20-14-12-19(13-15-20)24-21-10-6-1-2-7-11-23(21)29(25(28)22(24)16-27)17-18-8-4-3-5-9-18/h3-5,8-9,12-15,28H,1-2,6-7,10-11,17H2. The van der Waals surface area contributed by atoms with Gasteiger partial charge in [0.25, 0.3) is 0 Å². The van der Waals surface area contributed by atoms with Crippen LogP contribution < -0.4 is 5.49 Å². The van der Waals surface area contributed by atoms with E-state index < -0.39 is 0 Å². The molecular formula is C25H24FN3. The fourth-order valence-electron chi connectivity index (χ4n) is 4.33. The Kier molecular flexibility index (Phi) is 5.57. The molecule has 0 amide bonds. The molecule has 0 aliphatic heterocycles. The van der Waals surface area contributed by atoms with Crippen molar-refractivity contribution in [2.45, 2.75) is 45.1 Å². The van der Waals surface area contributed by atoms with Crippen LogP contribution in [0.4, 0.5) is 4.39 Å². The van der Waals surface area contributed by atoms with Gasteiger partial charge in [0, 0.05) is 17.8 Å². The van der Waals surface area contributed by atoms with Crippen LogP contribution in [-0.4, -0.2) is 4.57 Å². The lowest BCUT2D eigenvalue weighted by atomic mass is 9.87. The highest BCUT2D eigenvalue weighted by Gasteiger charge is 2.22. The molecule has 1 aromatic heterocycles. The summed E-state index contributed by atoms with van der Waals surface area (Å²) < 4.78 is 15.5. The number of nitriles is 1. The van der Waals surface area contributed by atoms with Crippen molar-refractivity contribution < 1.29 is 4.39 Å². The molecule has 0 atom stereocenters. The topological polar surface area (TPSA) is 52.6 Å². The molecule has 0 spiro atoms. The minimum atomic E-state index is -0.295. The zero-order valence-corrected chi connectivity index (χ0v) is 16.4. The summed E-state index contributed by atoms with van der Waals surface area (Å²) in [5.41, 5.74) is 5.69. The minimum Gasteiger partial charge on any atom is -0.325 e. The molecule has 3 nitrogen and oxygen atoms in total. The number of benzene rings is 2. The van der Waals surface area contributed by atoms with Gasteiger partial charge >= 0.3 is 0 Å². The average molecular weight is 385 g/mol. The van der Waals surface area contributed by atoms with Crippen LogP contribution in [0.5, 0.6) is 0 Å². The monoisotopic (exact) mass is 385 g/mol. The molecule has 1 aliphatic rings. The van der Waals surface area contributed by atoms with Gasteiger partial charge in [-0.3, -0.25) is 5.41 Å². The summed E-state index contributed by atoms with van der Waals surface area (Å²) in [6.45, 7) is 0.584. The number of hydrogen-bond donors (Lipinski definition) is 1. The van der Waals surface area contributed by atoms with Crippen molar-refractivity contribution in [3.63, 3.8) is 0 Å². The first-order valence-electron chi connectivity index (χ1n) is 10.2. The molecule has 3 aromatic rings. The molecule has 0 saturated carbocycles. The molecule has 0 saturated heterocycles. The maximum Gasteiger partial charge on any atom is 0.144 e. The lowest BCUT2D eigenvalue weighted by molar-refractivity contribution is 0.572. The zero-order valence-electron chi connectivity index (χ0n) is 16.4. The van der Waals surface area contributed by atoms with Crippen LogP contribution in [0, 0.1) is 22.6 Å². The summed E-state index contributed by atoms with van der Waals surface area (Å²) in [6, 6.07) is 18.7. The minimum absolute atomic E-state index is 0.245. The van der Waals surface area contributed by atoms with E-state index in [9.17, 15) is 9.65 Å². The van der Waals surface area contributed by atoms with E-state index in [2.05, 4.69) is 18.2 Å². The highest BCUT2D eigenvalue weighted by atomic mass is 19.1. The van der Waals surface area contributed by atoms with E-state index in [1.54, 1.807) is 12.1 Å². The Morgan fingerprint density at radius 3 is 2.31 bits per heavy atom. The van der Waals surface area contributed by atoms with Crippen molar-refractivity contribution >= 4 is 0 Å². The SMILES string of the molecule is N#Cc1c(-c2ccc(F)cc2)c2c(n(Cc3ccccc3)c1=N)CCCCCC2. The molecule has 0 radical (unpaired) electrons. The summed E-state index contributed by atoms with van der Waals surface area (Å²) in [6.07, 6.45) is 6.28. The number of rotatable bonds is 3. The number of nitrogens with zero attached hydrogens (tertiary/aromatic N) is 2. The Morgan fingerprint density at radius 2 is 1.62 bits per heavy atom. The van der Waals surface area contributed by atoms with Crippen LogP contribution in [0.1, 0.15) is 48.1 Å². The molecule has 146 valence electrons. The van der Waals surface area contributed by atoms with Gasteiger partial charge in [-0.1, -0.05) is 55.3 Å². The van der Waals surface area contributed by atoms with Gasteiger partial charge in [0.2, 0.25) is 0 Å². The first kappa shape index (κ1) is 19.1. The second-order valence-electron chi connectivity index (χ2n) is 7.63. The van der Waals surface area contributed by atoms with Crippen molar-refractivity contribution in [2.24, 2.45) is 0 Å². The van der Waals surface area contributed by atoms with E-state index >= 15 is 0 Å². The third-order valence-electron chi connectivity index (χ3n) is 5.75. The maximum atomic E-state index is 13.5. The second kappa shape index (κ2) is 8.45. The summed E-state index contributed by atoms with van der Waals surface area (Å²) in [7, 11) is 0. The first-order valence-corrected chi connectivity index (χ1v) is 10.2. The van der Waals surface area contributed by atoms with Crippen LogP contribution in [0.3, 0.4) is 0 Å². The lowest BCUT2D eigenvalue weighted by Crippen LogP contribution is -2.30. The predicted molar refractivity (Wildman–Crippen MR) is 112 cm³/mol. The van der Waals surface area contributed by atoms with E-state index in [4.69, 9.17) is 5.41 Å². The van der Waals surface area contributed by atoms with Crippen LogP contribution in [0.15, 0.2) is 54.6 Å². The number of nitrogens with one attached hydrogen (secondary N) is 1. The van der Waals surface area contributed by atoms with E-state index in [-0.39, 0.29) is 11.3 Å². The molecule has 4 rings (SSSR count). The number of hydrogen-bond acceptors (Lipinski definition) is 2. The molecule has 0 unspecified atom stereocenters. The zero-order chi connectivity index (χ0) is 20.2. The third-order valence-corrected chi connectivity index (χ3v) is 5.75. The van der Waals surface area contributed by atoms with Crippen LogP contribution >= 0.6 is 0 Å². The highest BCUT2D eigenvalue weighted by Crippen LogP contribution is 2.32. The Balaban J connectivity index is 1.98. The quantitative estimate of drug-likeness (QED) is 0.649. The third kappa shape index (κ3) is 3.86. The predicted octanol–water partition coefficient (Wildman–Crippen LogP) is 5.35. The van der Waals surface area contributed by atoms with E-state index in [0.717, 1.165) is 53.6 Å². The Bertz CT molecular complexity index is 1110. The first-order chi connectivity index (χ1) is 14.2. The fraction of sp³-hybridized carbons (Fsp3) is 0.280. The van der Waals surface area contributed by atoms with Gasteiger partial charge in [-0.2, -0.15) is 5.26 Å². The summed E-state index contributed by atoms with van der Waals surface area (Å²) in [4.78, 5) is 0. The van der Waals surface area contributed by atoms with E-state index in [1.165, 1.54) is 25.0 Å². The van der Waals surface area contributed by atoms with Gasteiger partial charge in [-0.05, 0) is 54.5 Å². The Labute approximate surface area is 170 Å². The molecule has 4 heteroatoms. The van der Waals surface area contributed by atoms with Crippen molar-refractivity contribution in [1.82, 2.24) is 4.57 Å². The van der Waals surface area contributed by atoms with Gasteiger partial charge in [-0.15, -0.1) is 0 Å². The van der Waals surface area contributed by atoms with Gasteiger partial charge in [0.1, 0.15) is 22.9 Å². The largest absolute Gasteiger partial charge is 0.325 e. The molecule has 29 heavy (non-hydrogen) atoms. The Morgan fingerprint density at radius 1 is 0.931 bits per heavy atom. The number of halogens is 1. The Hall–Kier alpha value is -3.19. The second-order valence-corrected chi connectivity index (χ2v) is 7.63. The summed E-state index contributed by atoms with van der Waals surface area (Å²) in [5, 5.41) is 18.8. The van der Waals surface area contributed by atoms with Crippen molar-refractivity contribution in [2.75, 3.05) is 0 Å². The smallest absolute Gasteiger partial charge is 0.144 e. The molecule has 1 aliphatic carbocycles. The number of pyridine rings is 1. The summed E-state index contributed by atoms with van der Waals surface area (Å²) in [5.74, 6) is -0.295. The van der Waals surface area contributed by atoms with Crippen molar-refractivity contribution in [1.29, 1.82) is 10.7 Å². The highest BCUT2D eigenvalue weighted by molar-refractivity contribution is 5.74. The number of aromatic nitrogens is 1. The molecule has 0 fully saturated rings. The van der Waals surface area contributed by atoms with Gasteiger partial charge < -0.3 is 4.57 Å². The van der Waals surface area contributed by atoms with Gasteiger partial charge in [-0.25, -0.2) is 4.39 Å². The van der Waals surface area contributed by atoms with E-state index in [1.807, 2.05) is 22.8 Å².